The van der Waals surface area contributed by atoms with Crippen molar-refractivity contribution in [1.29, 1.82) is 0 Å². The van der Waals surface area contributed by atoms with E-state index in [1.54, 1.807) is 42.5 Å². The molecule has 0 amide bonds. The molecule has 37 heavy (non-hydrogen) atoms. The van der Waals surface area contributed by atoms with Gasteiger partial charge in [0.25, 0.3) is 5.69 Å². The summed E-state index contributed by atoms with van der Waals surface area (Å²) in [5, 5.41) is 29.6. The number of nitro benzene ring substituents is 1. The Morgan fingerprint density at radius 3 is 2.54 bits per heavy atom. The van der Waals surface area contributed by atoms with E-state index in [0.29, 0.717) is 17.4 Å². The molecule has 0 radical (unpaired) electrons. The molecule has 5 rings (SSSR count). The molecule has 11 heteroatoms. The van der Waals surface area contributed by atoms with E-state index in [4.69, 9.17) is 11.6 Å². The molecule has 0 aliphatic heterocycles. The van der Waals surface area contributed by atoms with Crippen molar-refractivity contribution < 1.29 is 14.8 Å². The maximum Gasteiger partial charge on any atom is 0.342 e. The van der Waals surface area contributed by atoms with E-state index in [1.807, 2.05) is 35.0 Å². The van der Waals surface area contributed by atoms with Gasteiger partial charge in [-0.15, -0.1) is 5.10 Å². The molecular formula is C26H18ClN5O4S. The number of fused-ring (bicyclic) bond motifs is 1. The highest BCUT2D eigenvalue weighted by Crippen LogP contribution is 2.31. The predicted molar refractivity (Wildman–Crippen MR) is 142 cm³/mol. The van der Waals surface area contributed by atoms with Crippen molar-refractivity contribution in [3.63, 3.8) is 0 Å². The number of carboxylic acids is 1. The highest BCUT2D eigenvalue weighted by molar-refractivity contribution is 8.04. The van der Waals surface area contributed by atoms with Crippen LogP contribution < -0.4 is 0 Å². The summed E-state index contributed by atoms with van der Waals surface area (Å²) in [6, 6.07) is 21.1. The number of H-pyrrole nitrogens is 1. The molecule has 2 heterocycles. The van der Waals surface area contributed by atoms with Crippen LogP contribution in [0.25, 0.3) is 28.4 Å². The van der Waals surface area contributed by atoms with Crippen molar-refractivity contribution in [3.05, 3.63) is 110 Å². The van der Waals surface area contributed by atoms with Crippen LogP contribution in [0.5, 0.6) is 0 Å². The third kappa shape index (κ3) is 5.40. The van der Waals surface area contributed by atoms with Gasteiger partial charge in [-0.2, -0.15) is 0 Å². The minimum Gasteiger partial charge on any atom is -0.477 e. The maximum atomic E-state index is 12.1. The number of aromatic nitrogens is 4. The molecule has 2 N–H and O–H groups in total. The number of hydrogen-bond donors (Lipinski definition) is 2. The molecular weight excluding hydrogens is 514 g/mol. The smallest absolute Gasteiger partial charge is 0.342 e. The topological polar surface area (TPSA) is 127 Å². The number of carboxylic acid groups (broad SMARTS) is 1. The van der Waals surface area contributed by atoms with Crippen LogP contribution in [0.15, 0.2) is 89.1 Å². The lowest BCUT2D eigenvalue weighted by molar-refractivity contribution is -0.384. The highest BCUT2D eigenvalue weighted by Gasteiger charge is 2.16. The molecule has 0 aliphatic carbocycles. The van der Waals surface area contributed by atoms with E-state index in [9.17, 15) is 20.0 Å². The van der Waals surface area contributed by atoms with Crippen LogP contribution in [0.2, 0.25) is 5.02 Å². The van der Waals surface area contributed by atoms with Crippen LogP contribution >= 0.6 is 23.4 Å². The SMILES string of the molecule is O=C(O)/C(=C/c1cn(Cc2ccc([N+](=O)[O-])cc2)c2ccccc12)Sc1n[nH]c(-c2ccc(Cl)cc2)n1. The Bertz CT molecular complexity index is 1640. The molecule has 0 saturated heterocycles. The lowest BCUT2D eigenvalue weighted by Crippen LogP contribution is -1.98. The molecule has 0 fully saturated rings. The molecule has 0 unspecified atom stereocenters. The summed E-state index contributed by atoms with van der Waals surface area (Å²) in [5.74, 6) is -0.598. The number of hydrogen-bond acceptors (Lipinski definition) is 6. The van der Waals surface area contributed by atoms with E-state index < -0.39 is 10.9 Å². The second kappa shape index (κ2) is 10.3. The van der Waals surface area contributed by atoms with E-state index in [2.05, 4.69) is 15.2 Å². The van der Waals surface area contributed by atoms with Gasteiger partial charge in [-0.3, -0.25) is 15.2 Å². The first-order valence-corrected chi connectivity index (χ1v) is 12.2. The standard InChI is InChI=1S/C26H18ClN5O4S/c27-19-9-7-17(8-10-19)24-28-26(30-29-24)37-23(25(33)34)13-18-15-31(22-4-2-1-3-21(18)22)14-16-5-11-20(12-6-16)32(35)36/h1-13,15H,14H2,(H,33,34)(H,28,29,30)/b23-13-. The van der Waals surface area contributed by atoms with Crippen LogP contribution in [-0.2, 0) is 11.3 Å². The molecule has 0 aliphatic rings. The van der Waals surface area contributed by atoms with Crippen molar-refractivity contribution in [2.75, 3.05) is 0 Å². The summed E-state index contributed by atoms with van der Waals surface area (Å²) in [4.78, 5) is 27.1. The molecule has 0 spiro atoms. The predicted octanol–water partition coefficient (Wildman–Crippen LogP) is 6.25. The maximum absolute atomic E-state index is 12.1. The van der Waals surface area contributed by atoms with Crippen LogP contribution in [0.3, 0.4) is 0 Å². The van der Waals surface area contributed by atoms with Gasteiger partial charge in [0, 0.05) is 51.9 Å². The first-order valence-electron chi connectivity index (χ1n) is 11.0. The molecule has 184 valence electrons. The lowest BCUT2D eigenvalue weighted by atomic mass is 10.1. The molecule has 3 aromatic carbocycles. The largest absolute Gasteiger partial charge is 0.477 e. The second-order valence-electron chi connectivity index (χ2n) is 8.04. The number of nitrogens with one attached hydrogen (secondary N) is 1. The summed E-state index contributed by atoms with van der Waals surface area (Å²) in [7, 11) is 0. The lowest BCUT2D eigenvalue weighted by Gasteiger charge is -2.05. The summed E-state index contributed by atoms with van der Waals surface area (Å²) >= 11 is 6.89. The Balaban J connectivity index is 1.45. The fourth-order valence-corrected chi connectivity index (χ4v) is 4.67. The fraction of sp³-hybridized carbons (Fsp3) is 0.0385. The third-order valence-corrected chi connectivity index (χ3v) is 6.73. The van der Waals surface area contributed by atoms with Gasteiger partial charge in [0.15, 0.2) is 5.82 Å². The molecule has 5 aromatic rings. The van der Waals surface area contributed by atoms with Gasteiger partial charge in [0.05, 0.1) is 4.92 Å². The highest BCUT2D eigenvalue weighted by atomic mass is 35.5. The van der Waals surface area contributed by atoms with Gasteiger partial charge in [-0.25, -0.2) is 9.78 Å². The van der Waals surface area contributed by atoms with Gasteiger partial charge < -0.3 is 9.67 Å². The number of rotatable bonds is 8. The van der Waals surface area contributed by atoms with E-state index in [-0.39, 0.29) is 15.7 Å². The number of non-ortho nitro benzene ring substituents is 1. The molecule has 2 aromatic heterocycles. The number of nitrogens with zero attached hydrogens (tertiary/aromatic N) is 4. The minimum atomic E-state index is -1.10. The van der Waals surface area contributed by atoms with Gasteiger partial charge in [-0.05, 0) is 53.7 Å². The average Bonchev–Trinajstić information content (AvgIpc) is 3.49. The third-order valence-electron chi connectivity index (χ3n) is 5.60. The van der Waals surface area contributed by atoms with Gasteiger partial charge in [-0.1, -0.05) is 41.9 Å². The van der Waals surface area contributed by atoms with E-state index in [0.717, 1.165) is 39.4 Å². The Morgan fingerprint density at radius 2 is 1.84 bits per heavy atom. The molecule has 0 atom stereocenters. The van der Waals surface area contributed by atoms with Crippen molar-refractivity contribution in [2.24, 2.45) is 0 Å². The number of para-hydroxylation sites is 1. The van der Waals surface area contributed by atoms with Crippen LogP contribution in [0, 0.1) is 10.1 Å². The monoisotopic (exact) mass is 531 g/mol. The van der Waals surface area contributed by atoms with E-state index in [1.165, 1.54) is 12.1 Å². The average molecular weight is 532 g/mol. The van der Waals surface area contributed by atoms with E-state index >= 15 is 0 Å². The van der Waals surface area contributed by atoms with Crippen molar-refractivity contribution in [3.8, 4) is 11.4 Å². The van der Waals surface area contributed by atoms with Crippen LogP contribution in [0.4, 0.5) is 5.69 Å². The minimum absolute atomic E-state index is 0.0269. The molecule has 0 saturated carbocycles. The molecule has 0 bridgehead atoms. The zero-order valence-corrected chi connectivity index (χ0v) is 20.6. The van der Waals surface area contributed by atoms with Crippen LogP contribution in [-0.4, -0.2) is 35.7 Å². The summed E-state index contributed by atoms with van der Waals surface area (Å²) in [6.45, 7) is 0.466. The number of benzene rings is 3. The normalized spacial score (nSPS) is 11.6. The van der Waals surface area contributed by atoms with Crippen LogP contribution in [0.1, 0.15) is 11.1 Å². The number of aliphatic carboxylic acids is 1. The number of nitro groups is 1. The summed E-state index contributed by atoms with van der Waals surface area (Å²) in [5.41, 5.74) is 3.31. The van der Waals surface area contributed by atoms with Crippen molar-refractivity contribution in [2.45, 2.75) is 11.7 Å². The summed E-state index contributed by atoms with van der Waals surface area (Å²) in [6.07, 6.45) is 3.46. The van der Waals surface area contributed by atoms with Crippen molar-refractivity contribution in [1.82, 2.24) is 19.7 Å². The van der Waals surface area contributed by atoms with Crippen molar-refractivity contribution >= 4 is 52.0 Å². The Hall–Kier alpha value is -4.41. The van der Waals surface area contributed by atoms with Gasteiger partial charge >= 0.3 is 5.97 Å². The molecule has 9 nitrogen and oxygen atoms in total. The summed E-state index contributed by atoms with van der Waals surface area (Å²) < 4.78 is 1.98. The zero-order chi connectivity index (χ0) is 25.9. The Labute approximate surface area is 219 Å². The second-order valence-corrected chi connectivity index (χ2v) is 9.49. The number of carbonyl (C=O) groups is 1. The quantitative estimate of drug-likeness (QED) is 0.105. The Kier molecular flexibility index (Phi) is 6.76. The number of halogens is 1. The first-order chi connectivity index (χ1) is 17.9. The Morgan fingerprint density at radius 1 is 1.11 bits per heavy atom. The first kappa shape index (κ1) is 24.3. The number of thioether (sulfide) groups is 1. The van der Waals surface area contributed by atoms with Gasteiger partial charge in [0.1, 0.15) is 4.91 Å². The number of aromatic amines is 1. The van der Waals surface area contributed by atoms with Gasteiger partial charge in [0.2, 0.25) is 5.16 Å². The zero-order valence-electron chi connectivity index (χ0n) is 19.0. The fourth-order valence-electron chi connectivity index (χ4n) is 3.84.